The van der Waals surface area contributed by atoms with Crippen molar-refractivity contribution in [3.05, 3.63) is 12.5 Å². The molecule has 1 rings (SSSR count). The summed E-state index contributed by atoms with van der Waals surface area (Å²) in [5.41, 5.74) is 5.75. The van der Waals surface area contributed by atoms with Gasteiger partial charge in [-0.1, -0.05) is 13.8 Å². The molecule has 0 aliphatic carbocycles. The van der Waals surface area contributed by atoms with Gasteiger partial charge in [0.25, 0.3) is 10.0 Å². The molecule has 16 heavy (non-hydrogen) atoms. The first-order valence-electron chi connectivity index (χ1n) is 5.06. The monoisotopic (exact) mass is 246 g/mol. The van der Waals surface area contributed by atoms with E-state index < -0.39 is 10.0 Å². The molecule has 0 saturated carbocycles. The van der Waals surface area contributed by atoms with Gasteiger partial charge in [0.05, 0.1) is 6.33 Å². The van der Waals surface area contributed by atoms with Crippen LogP contribution < -0.4 is 10.5 Å². The van der Waals surface area contributed by atoms with E-state index in [1.54, 1.807) is 11.6 Å². The second-order valence-corrected chi connectivity index (χ2v) is 5.85. The minimum absolute atomic E-state index is 0.0194. The first-order chi connectivity index (χ1) is 7.33. The lowest BCUT2D eigenvalue weighted by atomic mass is 10.1. The molecule has 6 nitrogen and oxygen atoms in total. The smallest absolute Gasteiger partial charge is 0.259 e. The Morgan fingerprint density at radius 2 is 2.19 bits per heavy atom. The number of nitrogens with two attached hydrogens (primary N) is 1. The fourth-order valence-electron chi connectivity index (χ4n) is 1.04. The standard InChI is InChI=1S/C9H18N4O2S/c1-7(2)8(10)4-12-16(14,15)9-5-13(3)6-11-9/h5-8,12H,4,10H2,1-3H3. The number of rotatable bonds is 5. The molecule has 0 fully saturated rings. The summed E-state index contributed by atoms with van der Waals surface area (Å²) < 4.78 is 27.5. The third-order valence-corrected chi connectivity index (χ3v) is 3.63. The maximum absolute atomic E-state index is 11.7. The molecule has 0 bridgehead atoms. The molecule has 1 atom stereocenters. The lowest BCUT2D eigenvalue weighted by Gasteiger charge is -2.15. The SMILES string of the molecule is CC(C)C(N)CNS(=O)(=O)c1cn(C)cn1. The fourth-order valence-corrected chi connectivity index (χ4v) is 2.09. The summed E-state index contributed by atoms with van der Waals surface area (Å²) in [5.74, 6) is 0.228. The van der Waals surface area contributed by atoms with E-state index in [4.69, 9.17) is 5.73 Å². The van der Waals surface area contributed by atoms with Crippen LogP contribution in [0, 0.1) is 5.92 Å². The van der Waals surface area contributed by atoms with Crippen molar-refractivity contribution in [2.75, 3.05) is 6.54 Å². The van der Waals surface area contributed by atoms with E-state index in [0.29, 0.717) is 0 Å². The topological polar surface area (TPSA) is 90.0 Å². The molecule has 0 aliphatic rings. The van der Waals surface area contributed by atoms with Crippen LogP contribution in [0.2, 0.25) is 0 Å². The van der Waals surface area contributed by atoms with Gasteiger partial charge in [-0.2, -0.15) is 0 Å². The number of sulfonamides is 1. The van der Waals surface area contributed by atoms with Gasteiger partial charge in [-0.05, 0) is 5.92 Å². The van der Waals surface area contributed by atoms with Gasteiger partial charge >= 0.3 is 0 Å². The molecule has 1 aromatic rings. The van der Waals surface area contributed by atoms with Gasteiger partial charge in [0.2, 0.25) is 0 Å². The van der Waals surface area contributed by atoms with E-state index in [0.717, 1.165) is 0 Å². The predicted molar refractivity (Wildman–Crippen MR) is 61.2 cm³/mol. The number of nitrogens with one attached hydrogen (secondary N) is 1. The Kier molecular flexibility index (Phi) is 4.06. The van der Waals surface area contributed by atoms with Crippen molar-refractivity contribution >= 4 is 10.0 Å². The van der Waals surface area contributed by atoms with E-state index in [9.17, 15) is 8.42 Å². The van der Waals surface area contributed by atoms with Crippen LogP contribution in [0.15, 0.2) is 17.6 Å². The molecular weight excluding hydrogens is 228 g/mol. The number of aryl methyl sites for hydroxylation is 1. The fraction of sp³-hybridized carbons (Fsp3) is 0.667. The summed E-state index contributed by atoms with van der Waals surface area (Å²) in [7, 11) is -1.82. The maximum Gasteiger partial charge on any atom is 0.259 e. The summed E-state index contributed by atoms with van der Waals surface area (Å²) in [6, 6.07) is -0.196. The highest BCUT2D eigenvalue weighted by atomic mass is 32.2. The highest BCUT2D eigenvalue weighted by Crippen LogP contribution is 2.04. The molecule has 3 N–H and O–H groups in total. The number of hydrogen-bond acceptors (Lipinski definition) is 4. The maximum atomic E-state index is 11.7. The molecule has 1 aromatic heterocycles. The average Bonchev–Trinajstić information content (AvgIpc) is 2.61. The van der Waals surface area contributed by atoms with Crippen molar-refractivity contribution in [3.8, 4) is 0 Å². The van der Waals surface area contributed by atoms with Crippen molar-refractivity contribution in [2.24, 2.45) is 18.7 Å². The van der Waals surface area contributed by atoms with Crippen molar-refractivity contribution < 1.29 is 8.42 Å². The molecule has 0 spiro atoms. The molecule has 1 heterocycles. The Balaban J connectivity index is 2.67. The Bertz CT molecular complexity index is 438. The summed E-state index contributed by atoms with van der Waals surface area (Å²) in [5, 5.41) is 0.0194. The van der Waals surface area contributed by atoms with Gasteiger partial charge in [-0.3, -0.25) is 0 Å². The Morgan fingerprint density at radius 1 is 1.56 bits per heavy atom. The minimum atomic E-state index is -3.53. The largest absolute Gasteiger partial charge is 0.339 e. The summed E-state index contributed by atoms with van der Waals surface area (Å²) in [4.78, 5) is 3.78. The quantitative estimate of drug-likeness (QED) is 0.745. The van der Waals surface area contributed by atoms with E-state index >= 15 is 0 Å². The zero-order valence-electron chi connectivity index (χ0n) is 9.71. The summed E-state index contributed by atoms with van der Waals surface area (Å²) in [6.45, 7) is 4.11. The Labute approximate surface area is 95.9 Å². The molecule has 0 amide bonds. The number of imidazole rings is 1. The highest BCUT2D eigenvalue weighted by molar-refractivity contribution is 7.89. The molecule has 0 aromatic carbocycles. The van der Waals surface area contributed by atoms with Crippen LogP contribution in [0.1, 0.15) is 13.8 Å². The molecule has 1 unspecified atom stereocenters. The van der Waals surface area contributed by atoms with Gasteiger partial charge < -0.3 is 10.3 Å². The van der Waals surface area contributed by atoms with Crippen LogP contribution in [0.4, 0.5) is 0 Å². The Hall–Kier alpha value is -0.920. The Morgan fingerprint density at radius 3 is 2.62 bits per heavy atom. The van der Waals surface area contributed by atoms with Gasteiger partial charge in [0, 0.05) is 25.8 Å². The third kappa shape index (κ3) is 3.29. The van der Waals surface area contributed by atoms with Crippen LogP contribution in [0.5, 0.6) is 0 Å². The summed E-state index contributed by atoms with van der Waals surface area (Å²) >= 11 is 0. The molecule has 92 valence electrons. The summed E-state index contributed by atoms with van der Waals surface area (Å²) in [6.07, 6.45) is 2.89. The molecule has 7 heteroatoms. The third-order valence-electron chi connectivity index (χ3n) is 2.32. The number of nitrogens with zero attached hydrogens (tertiary/aromatic N) is 2. The van der Waals surface area contributed by atoms with Crippen molar-refractivity contribution in [1.82, 2.24) is 14.3 Å². The first-order valence-corrected chi connectivity index (χ1v) is 6.54. The number of aromatic nitrogens is 2. The molecule has 0 radical (unpaired) electrons. The van der Waals surface area contributed by atoms with E-state index in [1.165, 1.54) is 12.5 Å². The van der Waals surface area contributed by atoms with E-state index in [-0.39, 0.29) is 23.5 Å². The van der Waals surface area contributed by atoms with Gasteiger partial charge in [0.15, 0.2) is 5.03 Å². The second kappa shape index (κ2) is 4.94. The van der Waals surface area contributed by atoms with E-state index in [1.807, 2.05) is 13.8 Å². The second-order valence-electron chi connectivity index (χ2n) is 4.14. The zero-order valence-corrected chi connectivity index (χ0v) is 10.5. The van der Waals surface area contributed by atoms with Gasteiger partial charge in [-0.15, -0.1) is 0 Å². The van der Waals surface area contributed by atoms with Crippen LogP contribution in [-0.4, -0.2) is 30.6 Å². The molecule has 0 saturated heterocycles. The van der Waals surface area contributed by atoms with Crippen LogP contribution >= 0.6 is 0 Å². The minimum Gasteiger partial charge on any atom is -0.339 e. The van der Waals surface area contributed by atoms with Crippen LogP contribution in [0.3, 0.4) is 0 Å². The van der Waals surface area contributed by atoms with E-state index in [2.05, 4.69) is 9.71 Å². The average molecular weight is 246 g/mol. The highest BCUT2D eigenvalue weighted by Gasteiger charge is 2.18. The first kappa shape index (κ1) is 13.1. The van der Waals surface area contributed by atoms with Crippen molar-refractivity contribution in [1.29, 1.82) is 0 Å². The number of hydrogen-bond donors (Lipinski definition) is 2. The van der Waals surface area contributed by atoms with Crippen molar-refractivity contribution in [3.63, 3.8) is 0 Å². The van der Waals surface area contributed by atoms with Crippen LogP contribution in [-0.2, 0) is 17.1 Å². The van der Waals surface area contributed by atoms with Gasteiger partial charge in [0.1, 0.15) is 0 Å². The van der Waals surface area contributed by atoms with Gasteiger partial charge in [-0.25, -0.2) is 18.1 Å². The van der Waals surface area contributed by atoms with Crippen LogP contribution in [0.25, 0.3) is 0 Å². The van der Waals surface area contributed by atoms with Crippen molar-refractivity contribution in [2.45, 2.75) is 24.9 Å². The molecular formula is C9H18N4O2S. The normalized spacial score (nSPS) is 14.3. The zero-order chi connectivity index (χ0) is 12.3. The predicted octanol–water partition coefficient (Wildman–Crippen LogP) is -0.318. The lowest BCUT2D eigenvalue weighted by molar-refractivity contribution is 0.481. The lowest BCUT2D eigenvalue weighted by Crippen LogP contribution is -2.40. The molecule has 0 aliphatic heterocycles.